The Morgan fingerprint density at radius 2 is 1.95 bits per heavy atom. The van der Waals surface area contributed by atoms with Crippen molar-refractivity contribution in [3.63, 3.8) is 0 Å². The van der Waals surface area contributed by atoms with Gasteiger partial charge in [-0.1, -0.05) is 0 Å². The normalized spacial score (nSPS) is 19.0. The van der Waals surface area contributed by atoms with Gasteiger partial charge in [0.25, 0.3) is 5.69 Å². The zero-order chi connectivity index (χ0) is 14.0. The average Bonchev–Trinajstić information content (AvgIpc) is 2.31. The van der Waals surface area contributed by atoms with Crippen molar-refractivity contribution in [2.24, 2.45) is 0 Å². The SMILES string of the molecule is O=[N+]([O-])c1ccc(NC2CCS(=O)(=O)CC2)cc1Br. The van der Waals surface area contributed by atoms with E-state index in [0.717, 1.165) is 5.69 Å². The van der Waals surface area contributed by atoms with Crippen LogP contribution in [0, 0.1) is 10.1 Å². The molecule has 0 spiro atoms. The molecule has 1 aromatic rings. The number of anilines is 1. The van der Waals surface area contributed by atoms with Gasteiger partial charge < -0.3 is 5.32 Å². The van der Waals surface area contributed by atoms with Crippen molar-refractivity contribution >= 4 is 37.1 Å². The highest BCUT2D eigenvalue weighted by atomic mass is 79.9. The molecule has 0 aromatic heterocycles. The van der Waals surface area contributed by atoms with E-state index in [1.54, 1.807) is 12.1 Å². The van der Waals surface area contributed by atoms with Crippen LogP contribution in [-0.2, 0) is 9.84 Å². The Kier molecular flexibility index (Phi) is 4.10. The quantitative estimate of drug-likeness (QED) is 0.668. The van der Waals surface area contributed by atoms with Gasteiger partial charge in [-0.3, -0.25) is 10.1 Å². The summed E-state index contributed by atoms with van der Waals surface area (Å²) in [5, 5.41) is 13.9. The lowest BCUT2D eigenvalue weighted by atomic mass is 10.1. The number of nitrogens with zero attached hydrogens (tertiary/aromatic N) is 1. The van der Waals surface area contributed by atoms with Gasteiger partial charge in [0.1, 0.15) is 9.84 Å². The summed E-state index contributed by atoms with van der Waals surface area (Å²) in [5.41, 5.74) is 0.763. The van der Waals surface area contributed by atoms with Crippen LogP contribution in [0.25, 0.3) is 0 Å². The fraction of sp³-hybridized carbons (Fsp3) is 0.455. The summed E-state index contributed by atoms with van der Waals surface area (Å²) < 4.78 is 23.0. The van der Waals surface area contributed by atoms with E-state index in [0.29, 0.717) is 17.3 Å². The molecule has 0 radical (unpaired) electrons. The summed E-state index contributed by atoms with van der Waals surface area (Å²) in [5.74, 6) is 0.387. The molecule has 2 rings (SSSR count). The fourth-order valence-corrected chi connectivity index (χ4v) is 4.03. The first-order chi connectivity index (χ1) is 8.87. The zero-order valence-electron chi connectivity index (χ0n) is 10.0. The second kappa shape index (κ2) is 5.46. The summed E-state index contributed by atoms with van der Waals surface area (Å²) >= 11 is 3.15. The van der Waals surface area contributed by atoms with Gasteiger partial charge in [-0.15, -0.1) is 0 Å². The number of nitrogens with one attached hydrogen (secondary N) is 1. The number of nitro benzene ring substituents is 1. The van der Waals surface area contributed by atoms with E-state index in [-0.39, 0.29) is 23.2 Å². The number of hydrogen-bond donors (Lipinski definition) is 1. The maximum Gasteiger partial charge on any atom is 0.283 e. The summed E-state index contributed by atoms with van der Waals surface area (Å²) in [6, 6.07) is 4.79. The zero-order valence-corrected chi connectivity index (χ0v) is 12.4. The van der Waals surface area contributed by atoms with Crippen molar-refractivity contribution in [2.75, 3.05) is 16.8 Å². The molecule has 0 bridgehead atoms. The van der Waals surface area contributed by atoms with E-state index in [2.05, 4.69) is 21.2 Å². The molecule has 0 atom stereocenters. The molecule has 1 aliphatic heterocycles. The van der Waals surface area contributed by atoms with Crippen LogP contribution < -0.4 is 5.32 Å². The minimum absolute atomic E-state index is 0.0109. The van der Waals surface area contributed by atoms with Gasteiger partial charge in [0.15, 0.2) is 0 Å². The van der Waals surface area contributed by atoms with Crippen molar-refractivity contribution in [3.8, 4) is 0 Å². The highest BCUT2D eigenvalue weighted by Gasteiger charge is 2.23. The lowest BCUT2D eigenvalue weighted by molar-refractivity contribution is -0.385. The third-order valence-corrected chi connectivity index (χ3v) is 5.42. The van der Waals surface area contributed by atoms with Crippen LogP contribution in [0.2, 0.25) is 0 Å². The van der Waals surface area contributed by atoms with Crippen LogP contribution in [0.15, 0.2) is 22.7 Å². The summed E-state index contributed by atoms with van der Waals surface area (Å²) in [6.45, 7) is 0. The molecule has 1 aliphatic rings. The smallest absolute Gasteiger partial charge is 0.283 e. The molecule has 1 aromatic carbocycles. The van der Waals surface area contributed by atoms with Crippen LogP contribution in [0.3, 0.4) is 0 Å². The van der Waals surface area contributed by atoms with Gasteiger partial charge in [0.05, 0.1) is 20.9 Å². The van der Waals surface area contributed by atoms with Gasteiger partial charge in [-0.2, -0.15) is 0 Å². The molecule has 19 heavy (non-hydrogen) atoms. The van der Waals surface area contributed by atoms with Crippen molar-refractivity contribution < 1.29 is 13.3 Å². The lowest BCUT2D eigenvalue weighted by Crippen LogP contribution is -2.32. The first-order valence-corrected chi connectivity index (χ1v) is 8.40. The van der Waals surface area contributed by atoms with E-state index < -0.39 is 14.8 Å². The summed E-state index contributed by atoms with van der Waals surface area (Å²) in [7, 11) is -2.87. The second-order valence-corrected chi connectivity index (χ2v) is 7.65. The number of sulfone groups is 1. The molecule has 0 amide bonds. The molecule has 1 N–H and O–H groups in total. The van der Waals surface area contributed by atoms with Crippen LogP contribution in [-0.4, -0.2) is 30.9 Å². The molecule has 1 fully saturated rings. The van der Waals surface area contributed by atoms with Crippen molar-refractivity contribution in [1.29, 1.82) is 0 Å². The maximum absolute atomic E-state index is 11.3. The monoisotopic (exact) mass is 348 g/mol. The van der Waals surface area contributed by atoms with Crippen LogP contribution in [0.1, 0.15) is 12.8 Å². The Morgan fingerprint density at radius 1 is 1.32 bits per heavy atom. The number of benzene rings is 1. The lowest BCUT2D eigenvalue weighted by Gasteiger charge is -2.24. The topological polar surface area (TPSA) is 89.3 Å². The standard InChI is InChI=1S/C11H13BrN2O4S/c12-10-7-9(1-2-11(10)14(15)16)13-8-3-5-19(17,18)6-4-8/h1-2,7-8,13H,3-6H2. The van der Waals surface area contributed by atoms with E-state index >= 15 is 0 Å². The number of nitro groups is 1. The predicted octanol–water partition coefficient (Wildman–Crippen LogP) is 2.35. The van der Waals surface area contributed by atoms with E-state index in [4.69, 9.17) is 0 Å². The average molecular weight is 349 g/mol. The molecular weight excluding hydrogens is 336 g/mol. The highest BCUT2D eigenvalue weighted by molar-refractivity contribution is 9.10. The first kappa shape index (κ1) is 14.3. The number of rotatable bonds is 3. The largest absolute Gasteiger partial charge is 0.382 e. The van der Waals surface area contributed by atoms with Crippen molar-refractivity contribution in [1.82, 2.24) is 0 Å². The van der Waals surface area contributed by atoms with E-state index in [1.807, 2.05) is 0 Å². The minimum atomic E-state index is -2.87. The molecule has 1 saturated heterocycles. The minimum Gasteiger partial charge on any atom is -0.382 e. The molecular formula is C11H13BrN2O4S. The number of hydrogen-bond acceptors (Lipinski definition) is 5. The summed E-state index contributed by atoms with van der Waals surface area (Å²) in [4.78, 5) is 10.2. The van der Waals surface area contributed by atoms with E-state index in [9.17, 15) is 18.5 Å². The molecule has 0 saturated carbocycles. The molecule has 0 aliphatic carbocycles. The fourth-order valence-electron chi connectivity index (χ4n) is 2.01. The van der Waals surface area contributed by atoms with Gasteiger partial charge in [-0.05, 0) is 40.9 Å². The molecule has 1 heterocycles. The Labute approximate surface area is 119 Å². The van der Waals surface area contributed by atoms with Gasteiger partial charge >= 0.3 is 0 Å². The molecule has 104 valence electrons. The summed E-state index contributed by atoms with van der Waals surface area (Å²) in [6.07, 6.45) is 1.13. The molecule has 6 nitrogen and oxygen atoms in total. The third kappa shape index (κ3) is 3.66. The van der Waals surface area contributed by atoms with Gasteiger partial charge in [-0.25, -0.2) is 8.42 Å². The van der Waals surface area contributed by atoms with Gasteiger partial charge in [0.2, 0.25) is 0 Å². The second-order valence-electron chi connectivity index (χ2n) is 4.49. The molecule has 0 unspecified atom stereocenters. The van der Waals surface area contributed by atoms with Crippen LogP contribution >= 0.6 is 15.9 Å². The van der Waals surface area contributed by atoms with Crippen molar-refractivity contribution in [2.45, 2.75) is 18.9 Å². The highest BCUT2D eigenvalue weighted by Crippen LogP contribution is 2.28. The maximum atomic E-state index is 11.3. The third-order valence-electron chi connectivity index (χ3n) is 3.07. The Hall–Kier alpha value is -1.15. The van der Waals surface area contributed by atoms with Gasteiger partial charge in [0, 0.05) is 17.8 Å². The molecule has 8 heteroatoms. The first-order valence-electron chi connectivity index (χ1n) is 5.78. The Morgan fingerprint density at radius 3 is 2.47 bits per heavy atom. The van der Waals surface area contributed by atoms with Crippen molar-refractivity contribution in [3.05, 3.63) is 32.8 Å². The Bertz CT molecular complexity index is 589. The van der Waals surface area contributed by atoms with E-state index in [1.165, 1.54) is 6.07 Å². The van der Waals surface area contributed by atoms with Crippen LogP contribution in [0.5, 0.6) is 0 Å². The number of halogens is 1. The Balaban J connectivity index is 2.04. The predicted molar refractivity (Wildman–Crippen MR) is 76.1 cm³/mol. The van der Waals surface area contributed by atoms with Crippen LogP contribution in [0.4, 0.5) is 11.4 Å².